The molecule has 0 radical (unpaired) electrons. The van der Waals surface area contributed by atoms with Crippen molar-refractivity contribution in [2.45, 2.75) is 0 Å². The smallest absolute Gasteiger partial charge is 0.102 e. The Balaban J connectivity index is 1.92. The molecule has 0 aliphatic heterocycles. The molecule has 0 bridgehead atoms. The van der Waals surface area contributed by atoms with Gasteiger partial charge in [0.2, 0.25) is 0 Å². The van der Waals surface area contributed by atoms with E-state index < -0.39 is 0 Å². The van der Waals surface area contributed by atoms with Gasteiger partial charge in [-0.3, -0.25) is 9.98 Å². The Morgan fingerprint density at radius 3 is 1.71 bits per heavy atom. The van der Waals surface area contributed by atoms with Gasteiger partial charge in [-0.1, -0.05) is 69.6 Å². The quantitative estimate of drug-likeness (QED) is 0.337. The van der Waals surface area contributed by atoms with Crippen LogP contribution in [-0.2, 0) is 0 Å². The summed E-state index contributed by atoms with van der Waals surface area (Å²) in [6.45, 7) is 0. The van der Waals surface area contributed by atoms with Crippen molar-refractivity contribution in [3.8, 4) is 0 Å². The molecule has 0 unspecified atom stereocenters. The van der Waals surface area contributed by atoms with Crippen LogP contribution < -0.4 is 0 Å². The number of aliphatic imine (C=N–C) groups is 2. The van der Waals surface area contributed by atoms with Crippen LogP contribution in [0.15, 0.2) is 52.4 Å². The Morgan fingerprint density at radius 1 is 0.643 bits per heavy atom. The number of hydrogen-bond acceptors (Lipinski definition) is 3. The lowest BCUT2D eigenvalue weighted by Crippen LogP contribution is -1.96. The van der Waals surface area contributed by atoms with E-state index in [1.54, 1.807) is 42.5 Å². The van der Waals surface area contributed by atoms with Gasteiger partial charge in [-0.25, -0.2) is 4.98 Å². The first-order valence-electron chi connectivity index (χ1n) is 7.68. The maximum Gasteiger partial charge on any atom is 0.102 e. The first-order chi connectivity index (χ1) is 13.3. The zero-order valence-electron chi connectivity index (χ0n) is 13.8. The molecule has 9 heteroatoms. The predicted octanol–water partition coefficient (Wildman–Crippen LogP) is 8.50. The molecule has 0 aliphatic carbocycles. The molecule has 3 nitrogen and oxygen atoms in total. The Morgan fingerprint density at radius 2 is 1.18 bits per heavy atom. The van der Waals surface area contributed by atoms with Gasteiger partial charge < -0.3 is 0 Å². The molecule has 0 aliphatic rings. The topological polar surface area (TPSA) is 37.6 Å². The predicted molar refractivity (Wildman–Crippen MR) is 122 cm³/mol. The third-order valence-electron chi connectivity index (χ3n) is 3.44. The van der Waals surface area contributed by atoms with Gasteiger partial charge in [0.25, 0.3) is 0 Å². The molecule has 28 heavy (non-hydrogen) atoms. The van der Waals surface area contributed by atoms with Crippen LogP contribution in [0.2, 0.25) is 30.1 Å². The lowest BCUT2D eigenvalue weighted by atomic mass is 10.3. The molecule has 0 saturated heterocycles. The third kappa shape index (κ3) is 5.38. The number of halogens is 6. The first kappa shape index (κ1) is 21.4. The van der Waals surface area contributed by atoms with Crippen LogP contribution >= 0.6 is 69.6 Å². The molecule has 0 atom stereocenters. The highest BCUT2D eigenvalue weighted by molar-refractivity contribution is 6.43. The second kappa shape index (κ2) is 9.45. The highest BCUT2D eigenvalue weighted by Crippen LogP contribution is 2.30. The van der Waals surface area contributed by atoms with Crippen molar-refractivity contribution < 1.29 is 0 Å². The van der Waals surface area contributed by atoms with Crippen LogP contribution in [0.1, 0.15) is 11.4 Å². The molecule has 2 aromatic carbocycles. The van der Waals surface area contributed by atoms with Gasteiger partial charge in [0.05, 0.1) is 49.6 Å². The largest absolute Gasteiger partial charge is 0.253 e. The summed E-state index contributed by atoms with van der Waals surface area (Å²) in [5, 5.41) is 2.43. The van der Waals surface area contributed by atoms with E-state index in [2.05, 4.69) is 15.0 Å². The Hall–Kier alpha value is -1.33. The Kier molecular flexibility index (Phi) is 7.21. The van der Waals surface area contributed by atoms with Crippen LogP contribution in [-0.4, -0.2) is 17.4 Å². The highest BCUT2D eigenvalue weighted by atomic mass is 35.5. The van der Waals surface area contributed by atoms with Crippen molar-refractivity contribution in [2.24, 2.45) is 9.98 Å². The van der Waals surface area contributed by atoms with E-state index in [1.807, 2.05) is 0 Å². The molecule has 3 aromatic rings. The SMILES string of the molecule is Clc1ccc(N=Cc2cc(Cl)c(Cl)c(C=Nc3ccc(Cl)cc3Cl)n2)c(Cl)c1. The van der Waals surface area contributed by atoms with Crippen LogP contribution in [0.25, 0.3) is 0 Å². The lowest BCUT2D eigenvalue weighted by molar-refractivity contribution is 1.27. The zero-order valence-corrected chi connectivity index (χ0v) is 18.3. The van der Waals surface area contributed by atoms with Crippen LogP contribution in [0.5, 0.6) is 0 Å². The minimum atomic E-state index is 0.261. The number of benzene rings is 2. The summed E-state index contributed by atoms with van der Waals surface area (Å²) < 4.78 is 0. The summed E-state index contributed by atoms with van der Waals surface area (Å²) >= 11 is 36.5. The summed E-state index contributed by atoms with van der Waals surface area (Å²) in [6, 6.07) is 11.5. The second-order valence-electron chi connectivity index (χ2n) is 5.44. The van der Waals surface area contributed by atoms with E-state index in [4.69, 9.17) is 69.6 Å². The molecular weight excluding hydrogens is 483 g/mol. The molecule has 0 fully saturated rings. The number of rotatable bonds is 4. The van der Waals surface area contributed by atoms with E-state index in [0.717, 1.165) is 0 Å². The standard InChI is InChI=1S/C19H9Cl6N3/c20-10-1-3-16(13(22)5-10)26-8-12-7-15(24)19(25)18(28-12)9-27-17-4-2-11(21)6-14(17)23/h1-9H. The van der Waals surface area contributed by atoms with Gasteiger partial charge in [-0.2, -0.15) is 0 Å². The van der Waals surface area contributed by atoms with Gasteiger partial charge >= 0.3 is 0 Å². The van der Waals surface area contributed by atoms with Gasteiger partial charge in [0.15, 0.2) is 0 Å². The van der Waals surface area contributed by atoms with Gasteiger partial charge in [-0.05, 0) is 42.5 Å². The number of aromatic nitrogens is 1. The molecule has 0 amide bonds. The molecular formula is C19H9Cl6N3. The monoisotopic (exact) mass is 489 g/mol. The molecule has 0 N–H and O–H groups in total. The zero-order chi connectivity index (χ0) is 20.3. The van der Waals surface area contributed by atoms with Crippen molar-refractivity contribution in [3.63, 3.8) is 0 Å². The lowest BCUT2D eigenvalue weighted by Gasteiger charge is -2.04. The summed E-state index contributed by atoms with van der Waals surface area (Å²) in [4.78, 5) is 13.0. The van der Waals surface area contributed by atoms with E-state index in [-0.39, 0.29) is 5.02 Å². The van der Waals surface area contributed by atoms with E-state index in [0.29, 0.717) is 47.9 Å². The maximum atomic E-state index is 6.24. The van der Waals surface area contributed by atoms with Crippen LogP contribution in [0.4, 0.5) is 11.4 Å². The molecule has 3 rings (SSSR count). The average molecular weight is 492 g/mol. The van der Waals surface area contributed by atoms with Gasteiger partial charge in [0, 0.05) is 10.0 Å². The van der Waals surface area contributed by atoms with E-state index in [1.165, 1.54) is 12.4 Å². The second-order valence-corrected chi connectivity index (χ2v) is 7.91. The summed E-state index contributed by atoms with van der Waals surface area (Å²) in [7, 11) is 0. The molecule has 1 aromatic heterocycles. The average Bonchev–Trinajstić information content (AvgIpc) is 2.63. The van der Waals surface area contributed by atoms with E-state index >= 15 is 0 Å². The highest BCUT2D eigenvalue weighted by Gasteiger charge is 2.08. The van der Waals surface area contributed by atoms with Gasteiger partial charge in [-0.15, -0.1) is 0 Å². The Bertz CT molecular complexity index is 1100. The number of pyridine rings is 1. The maximum absolute atomic E-state index is 6.24. The van der Waals surface area contributed by atoms with E-state index in [9.17, 15) is 0 Å². The summed E-state index contributed by atoms with van der Waals surface area (Å²) in [5.41, 5.74) is 1.90. The van der Waals surface area contributed by atoms with Crippen molar-refractivity contribution >= 4 is 93.4 Å². The summed E-state index contributed by atoms with van der Waals surface area (Å²) in [5.74, 6) is 0. The molecule has 1 heterocycles. The number of hydrogen-bond donors (Lipinski definition) is 0. The molecule has 0 saturated carbocycles. The van der Waals surface area contributed by atoms with Crippen molar-refractivity contribution in [2.75, 3.05) is 0 Å². The minimum absolute atomic E-state index is 0.261. The fourth-order valence-electron chi connectivity index (χ4n) is 2.13. The van der Waals surface area contributed by atoms with Crippen LogP contribution in [0.3, 0.4) is 0 Å². The molecule has 142 valence electrons. The van der Waals surface area contributed by atoms with Crippen molar-refractivity contribution in [1.29, 1.82) is 0 Å². The fourth-order valence-corrected chi connectivity index (χ4v) is 3.39. The van der Waals surface area contributed by atoms with Gasteiger partial charge in [0.1, 0.15) is 5.69 Å². The normalized spacial score (nSPS) is 11.6. The van der Waals surface area contributed by atoms with Crippen molar-refractivity contribution in [3.05, 3.63) is 84.0 Å². The Labute approximate surface area is 191 Å². The van der Waals surface area contributed by atoms with Crippen molar-refractivity contribution in [1.82, 2.24) is 4.98 Å². The third-order valence-corrected chi connectivity index (χ3v) is 5.31. The summed E-state index contributed by atoms with van der Waals surface area (Å²) in [6.07, 6.45) is 2.99. The molecule has 0 spiro atoms. The number of nitrogens with zero attached hydrogens (tertiary/aromatic N) is 3. The van der Waals surface area contributed by atoms with Crippen LogP contribution in [0, 0.1) is 0 Å². The fraction of sp³-hybridized carbons (Fsp3) is 0. The minimum Gasteiger partial charge on any atom is -0.253 e. The first-order valence-corrected chi connectivity index (χ1v) is 9.94.